The molecule has 1 unspecified atom stereocenters. The predicted octanol–water partition coefficient (Wildman–Crippen LogP) is 2.94. The Morgan fingerprint density at radius 1 is 1.12 bits per heavy atom. The molecule has 2 fully saturated rings. The van der Waals surface area contributed by atoms with E-state index in [2.05, 4.69) is 13.8 Å². The van der Waals surface area contributed by atoms with Crippen molar-refractivity contribution in [3.8, 4) is 0 Å². The SMILES string of the molecule is CC(C)C1CCC(CN)(C(O)C2CCC2)CC1. The highest BCUT2D eigenvalue weighted by Gasteiger charge is 2.45. The summed E-state index contributed by atoms with van der Waals surface area (Å²) in [6.45, 7) is 5.32. The minimum absolute atomic E-state index is 0.0521. The average Bonchev–Trinajstić information content (AvgIpc) is 2.26. The normalized spacial score (nSPS) is 36.9. The molecule has 0 amide bonds. The molecule has 0 spiro atoms. The van der Waals surface area contributed by atoms with Gasteiger partial charge in [0.2, 0.25) is 0 Å². The maximum Gasteiger partial charge on any atom is 0.0636 e. The van der Waals surface area contributed by atoms with Crippen LogP contribution >= 0.6 is 0 Å². The average molecular weight is 239 g/mol. The van der Waals surface area contributed by atoms with Crippen LogP contribution in [0.4, 0.5) is 0 Å². The van der Waals surface area contributed by atoms with Gasteiger partial charge >= 0.3 is 0 Å². The van der Waals surface area contributed by atoms with Crippen molar-refractivity contribution in [3.05, 3.63) is 0 Å². The van der Waals surface area contributed by atoms with Crippen LogP contribution < -0.4 is 5.73 Å². The van der Waals surface area contributed by atoms with Crippen LogP contribution in [0.3, 0.4) is 0 Å². The summed E-state index contributed by atoms with van der Waals surface area (Å²) in [5, 5.41) is 10.6. The molecule has 2 aliphatic carbocycles. The van der Waals surface area contributed by atoms with Gasteiger partial charge in [-0.15, -0.1) is 0 Å². The highest BCUT2D eigenvalue weighted by atomic mass is 16.3. The van der Waals surface area contributed by atoms with Gasteiger partial charge in [0, 0.05) is 12.0 Å². The lowest BCUT2D eigenvalue weighted by atomic mass is 9.60. The fraction of sp³-hybridized carbons (Fsp3) is 1.00. The molecule has 0 saturated heterocycles. The molecule has 0 aromatic rings. The topological polar surface area (TPSA) is 46.2 Å². The fourth-order valence-corrected chi connectivity index (χ4v) is 3.76. The van der Waals surface area contributed by atoms with Crippen LogP contribution in [0.15, 0.2) is 0 Å². The van der Waals surface area contributed by atoms with Crippen LogP contribution in [-0.2, 0) is 0 Å². The maximum atomic E-state index is 10.6. The van der Waals surface area contributed by atoms with E-state index in [0.717, 1.165) is 24.7 Å². The van der Waals surface area contributed by atoms with Crippen molar-refractivity contribution in [3.63, 3.8) is 0 Å². The number of rotatable bonds is 4. The van der Waals surface area contributed by atoms with E-state index in [1.165, 1.54) is 32.1 Å². The Morgan fingerprint density at radius 3 is 2.06 bits per heavy atom. The molecule has 2 nitrogen and oxygen atoms in total. The van der Waals surface area contributed by atoms with E-state index >= 15 is 0 Å². The van der Waals surface area contributed by atoms with Crippen molar-refractivity contribution in [2.24, 2.45) is 28.9 Å². The predicted molar refractivity (Wildman–Crippen MR) is 71.6 cm³/mol. The summed E-state index contributed by atoms with van der Waals surface area (Å²) in [5.41, 5.74) is 6.07. The zero-order valence-electron chi connectivity index (χ0n) is 11.5. The Labute approximate surface area is 106 Å². The largest absolute Gasteiger partial charge is 0.392 e. The van der Waals surface area contributed by atoms with Crippen LogP contribution in [0.1, 0.15) is 58.8 Å². The number of hydrogen-bond donors (Lipinski definition) is 2. The number of nitrogens with two attached hydrogens (primary N) is 1. The first-order valence-electron chi connectivity index (χ1n) is 7.47. The van der Waals surface area contributed by atoms with Gasteiger partial charge in [-0.05, 0) is 56.3 Å². The number of aliphatic hydroxyl groups is 1. The second-order valence-electron chi connectivity index (χ2n) is 6.78. The fourth-order valence-electron chi connectivity index (χ4n) is 3.76. The van der Waals surface area contributed by atoms with Gasteiger partial charge in [-0.1, -0.05) is 20.3 Å². The van der Waals surface area contributed by atoms with Crippen LogP contribution in [0.2, 0.25) is 0 Å². The summed E-state index contributed by atoms with van der Waals surface area (Å²) in [5.74, 6) is 2.18. The molecule has 3 N–H and O–H groups in total. The third kappa shape index (κ3) is 2.53. The Hall–Kier alpha value is -0.0800. The van der Waals surface area contributed by atoms with Gasteiger partial charge < -0.3 is 10.8 Å². The third-order valence-electron chi connectivity index (χ3n) is 5.60. The Balaban J connectivity index is 1.96. The second-order valence-corrected chi connectivity index (χ2v) is 6.78. The summed E-state index contributed by atoms with van der Waals surface area (Å²) in [4.78, 5) is 0. The lowest BCUT2D eigenvalue weighted by Gasteiger charge is -2.48. The second kappa shape index (κ2) is 5.27. The molecule has 2 heteroatoms. The Morgan fingerprint density at radius 2 is 1.71 bits per heavy atom. The first kappa shape index (κ1) is 13.4. The zero-order chi connectivity index (χ0) is 12.5. The molecule has 0 bridgehead atoms. The van der Waals surface area contributed by atoms with Gasteiger partial charge in [-0.2, -0.15) is 0 Å². The van der Waals surface area contributed by atoms with E-state index in [1.54, 1.807) is 0 Å². The molecule has 17 heavy (non-hydrogen) atoms. The van der Waals surface area contributed by atoms with Gasteiger partial charge in [0.05, 0.1) is 6.10 Å². The van der Waals surface area contributed by atoms with Crippen molar-refractivity contribution in [2.45, 2.75) is 64.9 Å². The summed E-state index contributed by atoms with van der Waals surface area (Å²) in [6.07, 6.45) is 8.42. The number of hydrogen-bond acceptors (Lipinski definition) is 2. The molecular weight excluding hydrogens is 210 g/mol. The van der Waals surface area contributed by atoms with Crippen LogP contribution in [0.5, 0.6) is 0 Å². The van der Waals surface area contributed by atoms with E-state index in [9.17, 15) is 5.11 Å². The van der Waals surface area contributed by atoms with E-state index in [-0.39, 0.29) is 11.5 Å². The molecule has 0 radical (unpaired) electrons. The third-order valence-corrected chi connectivity index (χ3v) is 5.60. The summed E-state index contributed by atoms with van der Waals surface area (Å²) < 4.78 is 0. The van der Waals surface area contributed by atoms with Crippen molar-refractivity contribution in [2.75, 3.05) is 6.54 Å². The van der Waals surface area contributed by atoms with E-state index in [0.29, 0.717) is 12.5 Å². The minimum atomic E-state index is -0.130. The van der Waals surface area contributed by atoms with Gasteiger partial charge in [0.15, 0.2) is 0 Å². The van der Waals surface area contributed by atoms with Gasteiger partial charge in [-0.25, -0.2) is 0 Å². The van der Waals surface area contributed by atoms with Crippen LogP contribution in [-0.4, -0.2) is 17.8 Å². The number of aliphatic hydroxyl groups excluding tert-OH is 1. The Kier molecular flexibility index (Phi) is 4.14. The summed E-state index contributed by atoms with van der Waals surface area (Å²) >= 11 is 0. The van der Waals surface area contributed by atoms with Crippen molar-refractivity contribution in [1.82, 2.24) is 0 Å². The van der Waals surface area contributed by atoms with Crippen LogP contribution in [0, 0.1) is 23.2 Å². The molecular formula is C15H29NO. The molecule has 2 saturated carbocycles. The summed E-state index contributed by atoms with van der Waals surface area (Å²) in [6, 6.07) is 0. The highest BCUT2D eigenvalue weighted by Crippen LogP contribution is 2.47. The highest BCUT2D eigenvalue weighted by molar-refractivity contribution is 4.96. The van der Waals surface area contributed by atoms with Crippen LogP contribution in [0.25, 0.3) is 0 Å². The van der Waals surface area contributed by atoms with E-state index in [4.69, 9.17) is 5.73 Å². The summed E-state index contributed by atoms with van der Waals surface area (Å²) in [7, 11) is 0. The molecule has 2 aliphatic rings. The van der Waals surface area contributed by atoms with Gasteiger partial charge in [0.25, 0.3) is 0 Å². The van der Waals surface area contributed by atoms with Crippen molar-refractivity contribution in [1.29, 1.82) is 0 Å². The lowest BCUT2D eigenvalue weighted by molar-refractivity contribution is -0.0679. The zero-order valence-corrected chi connectivity index (χ0v) is 11.5. The molecule has 0 aliphatic heterocycles. The van der Waals surface area contributed by atoms with Crippen molar-refractivity contribution < 1.29 is 5.11 Å². The van der Waals surface area contributed by atoms with E-state index in [1.807, 2.05) is 0 Å². The standard InChI is InChI=1S/C15H29NO/c1-11(2)12-6-8-15(10-16,9-7-12)14(17)13-4-3-5-13/h11-14,17H,3-10,16H2,1-2H3. The maximum absolute atomic E-state index is 10.6. The molecule has 0 heterocycles. The van der Waals surface area contributed by atoms with E-state index < -0.39 is 0 Å². The van der Waals surface area contributed by atoms with Gasteiger partial charge in [-0.3, -0.25) is 0 Å². The lowest BCUT2D eigenvalue weighted by Crippen LogP contribution is -2.49. The van der Waals surface area contributed by atoms with Gasteiger partial charge in [0.1, 0.15) is 0 Å². The molecule has 1 atom stereocenters. The Bertz CT molecular complexity index is 239. The minimum Gasteiger partial charge on any atom is -0.392 e. The first-order chi connectivity index (χ1) is 8.09. The first-order valence-corrected chi connectivity index (χ1v) is 7.47. The quantitative estimate of drug-likeness (QED) is 0.792. The molecule has 100 valence electrons. The van der Waals surface area contributed by atoms with Crippen molar-refractivity contribution >= 4 is 0 Å². The monoisotopic (exact) mass is 239 g/mol. The molecule has 0 aromatic carbocycles. The smallest absolute Gasteiger partial charge is 0.0636 e. The molecule has 0 aromatic heterocycles. The molecule has 2 rings (SSSR count).